The number of esters is 1. The van der Waals surface area contributed by atoms with Crippen LogP contribution in [-0.2, 0) is 9.47 Å². The van der Waals surface area contributed by atoms with Crippen LogP contribution >= 0.6 is 0 Å². The molecule has 0 saturated carbocycles. The number of nitrogens with two attached hydrogens (primary N) is 1. The maximum atomic E-state index is 11.9. The molecular weight excluding hydrogens is 244 g/mol. The van der Waals surface area contributed by atoms with Crippen LogP contribution in [0.1, 0.15) is 24.2 Å². The minimum Gasteiger partial charge on any atom is -0.465 e. The van der Waals surface area contributed by atoms with Crippen molar-refractivity contribution in [3.8, 4) is 0 Å². The van der Waals surface area contributed by atoms with Gasteiger partial charge in [0.05, 0.1) is 36.3 Å². The summed E-state index contributed by atoms with van der Waals surface area (Å²) in [5, 5.41) is 0. The third kappa shape index (κ3) is 2.81. The van der Waals surface area contributed by atoms with E-state index in [0.717, 1.165) is 5.69 Å². The van der Waals surface area contributed by atoms with Crippen molar-refractivity contribution in [2.24, 2.45) is 0 Å². The molecule has 1 saturated heterocycles. The van der Waals surface area contributed by atoms with Gasteiger partial charge in [-0.1, -0.05) is 6.07 Å². The third-order valence-corrected chi connectivity index (χ3v) is 3.21. The van der Waals surface area contributed by atoms with Crippen molar-refractivity contribution in [2.75, 3.05) is 37.4 Å². The Bertz CT molecular complexity index is 486. The van der Waals surface area contributed by atoms with E-state index < -0.39 is 0 Å². The van der Waals surface area contributed by atoms with Gasteiger partial charge in [0, 0.05) is 13.1 Å². The van der Waals surface area contributed by atoms with E-state index in [4.69, 9.17) is 15.2 Å². The first kappa shape index (κ1) is 13.7. The van der Waals surface area contributed by atoms with Crippen LogP contribution in [0.2, 0.25) is 0 Å². The topological polar surface area (TPSA) is 64.8 Å². The minimum absolute atomic E-state index is 0.256. The van der Waals surface area contributed by atoms with E-state index in [9.17, 15) is 4.79 Å². The fraction of sp³-hybridized carbons (Fsp3) is 0.500. The number of anilines is 2. The number of carbonyl (C=O) groups is 1. The van der Waals surface area contributed by atoms with Gasteiger partial charge in [-0.05, 0) is 26.0 Å². The standard InChI is InChI=1S/C14H20N2O3/c1-14(2)9-16(7-8-19-14)12-10(13(17)18-3)5-4-6-11(12)15/h4-6H,7-9,15H2,1-3H3. The highest BCUT2D eigenvalue weighted by Gasteiger charge is 2.30. The number of hydrogen-bond donors (Lipinski definition) is 1. The number of methoxy groups -OCH3 is 1. The van der Waals surface area contributed by atoms with Crippen molar-refractivity contribution < 1.29 is 14.3 Å². The number of benzene rings is 1. The number of para-hydroxylation sites is 1. The lowest BCUT2D eigenvalue weighted by Gasteiger charge is -2.40. The molecule has 1 heterocycles. The van der Waals surface area contributed by atoms with Crippen LogP contribution in [-0.4, -0.2) is 38.4 Å². The Kier molecular flexibility index (Phi) is 3.66. The lowest BCUT2D eigenvalue weighted by molar-refractivity contribution is -0.0277. The predicted molar refractivity (Wildman–Crippen MR) is 74.4 cm³/mol. The molecule has 104 valence electrons. The molecule has 0 unspecified atom stereocenters. The van der Waals surface area contributed by atoms with Crippen molar-refractivity contribution in [3.63, 3.8) is 0 Å². The molecule has 1 aliphatic heterocycles. The van der Waals surface area contributed by atoms with Gasteiger partial charge < -0.3 is 20.1 Å². The van der Waals surface area contributed by atoms with E-state index in [-0.39, 0.29) is 11.6 Å². The molecule has 2 N–H and O–H groups in total. The molecule has 1 fully saturated rings. The average molecular weight is 264 g/mol. The number of carbonyl (C=O) groups excluding carboxylic acids is 1. The summed E-state index contributed by atoms with van der Waals surface area (Å²) in [7, 11) is 1.37. The van der Waals surface area contributed by atoms with Crippen LogP contribution in [0.4, 0.5) is 11.4 Å². The molecule has 1 aliphatic rings. The van der Waals surface area contributed by atoms with Gasteiger partial charge in [-0.2, -0.15) is 0 Å². The van der Waals surface area contributed by atoms with Crippen LogP contribution in [0, 0.1) is 0 Å². The molecule has 2 rings (SSSR count). The summed E-state index contributed by atoms with van der Waals surface area (Å²) in [6.45, 7) is 6.06. The molecule has 5 nitrogen and oxygen atoms in total. The van der Waals surface area contributed by atoms with Gasteiger partial charge in [0.2, 0.25) is 0 Å². The highest BCUT2D eigenvalue weighted by atomic mass is 16.5. The van der Waals surface area contributed by atoms with Gasteiger partial charge in [-0.15, -0.1) is 0 Å². The van der Waals surface area contributed by atoms with Gasteiger partial charge >= 0.3 is 5.97 Å². The van der Waals surface area contributed by atoms with Crippen LogP contribution in [0.15, 0.2) is 18.2 Å². The van der Waals surface area contributed by atoms with Crippen LogP contribution < -0.4 is 10.6 Å². The van der Waals surface area contributed by atoms with Crippen LogP contribution in [0.25, 0.3) is 0 Å². The molecule has 0 radical (unpaired) electrons. The van der Waals surface area contributed by atoms with E-state index in [1.165, 1.54) is 7.11 Å². The molecule has 0 aromatic heterocycles. The van der Waals surface area contributed by atoms with Gasteiger partial charge in [-0.3, -0.25) is 0 Å². The summed E-state index contributed by atoms with van der Waals surface area (Å²) in [5.74, 6) is -0.369. The molecular formula is C14H20N2O3. The number of ether oxygens (including phenoxy) is 2. The second kappa shape index (κ2) is 5.09. The SMILES string of the molecule is COC(=O)c1cccc(N)c1N1CCOC(C)(C)C1. The van der Waals surface area contributed by atoms with E-state index in [1.807, 2.05) is 13.8 Å². The van der Waals surface area contributed by atoms with Crippen molar-refractivity contribution in [3.05, 3.63) is 23.8 Å². The molecule has 0 atom stereocenters. The normalized spacial score (nSPS) is 18.2. The number of nitrogen functional groups attached to an aromatic ring is 1. The third-order valence-electron chi connectivity index (χ3n) is 3.21. The fourth-order valence-corrected chi connectivity index (χ4v) is 2.40. The maximum Gasteiger partial charge on any atom is 0.340 e. The Morgan fingerprint density at radius 2 is 2.21 bits per heavy atom. The molecule has 0 amide bonds. The van der Waals surface area contributed by atoms with E-state index in [1.54, 1.807) is 18.2 Å². The number of hydrogen-bond acceptors (Lipinski definition) is 5. The predicted octanol–water partition coefficient (Wildman–Crippen LogP) is 1.67. The second-order valence-electron chi connectivity index (χ2n) is 5.26. The first-order valence-corrected chi connectivity index (χ1v) is 6.30. The highest BCUT2D eigenvalue weighted by Crippen LogP contribution is 2.31. The zero-order valence-corrected chi connectivity index (χ0v) is 11.6. The summed E-state index contributed by atoms with van der Waals surface area (Å²) in [6, 6.07) is 5.29. The molecule has 1 aromatic carbocycles. The Labute approximate surface area is 113 Å². The fourth-order valence-electron chi connectivity index (χ4n) is 2.40. The minimum atomic E-state index is -0.369. The molecule has 5 heteroatoms. The monoisotopic (exact) mass is 264 g/mol. The van der Waals surface area contributed by atoms with Gasteiger partial charge in [0.15, 0.2) is 0 Å². The molecule has 0 bridgehead atoms. The zero-order chi connectivity index (χ0) is 14.0. The zero-order valence-electron chi connectivity index (χ0n) is 11.6. The largest absolute Gasteiger partial charge is 0.465 e. The van der Waals surface area contributed by atoms with Crippen LogP contribution in [0.5, 0.6) is 0 Å². The highest BCUT2D eigenvalue weighted by molar-refractivity contribution is 5.99. The average Bonchev–Trinajstić information content (AvgIpc) is 2.36. The number of rotatable bonds is 2. The number of nitrogens with zero attached hydrogens (tertiary/aromatic N) is 1. The molecule has 1 aromatic rings. The Hall–Kier alpha value is -1.75. The first-order valence-electron chi connectivity index (χ1n) is 6.30. The smallest absolute Gasteiger partial charge is 0.340 e. The van der Waals surface area contributed by atoms with Crippen molar-refractivity contribution >= 4 is 17.3 Å². The molecule has 19 heavy (non-hydrogen) atoms. The molecule has 0 spiro atoms. The number of morpholine rings is 1. The van der Waals surface area contributed by atoms with E-state index in [2.05, 4.69) is 4.90 Å². The van der Waals surface area contributed by atoms with Crippen LogP contribution in [0.3, 0.4) is 0 Å². The summed E-state index contributed by atoms with van der Waals surface area (Å²) in [6.07, 6.45) is 0. The summed E-state index contributed by atoms with van der Waals surface area (Å²) in [5.41, 5.74) is 7.61. The molecule has 0 aliphatic carbocycles. The van der Waals surface area contributed by atoms with Gasteiger partial charge in [0.25, 0.3) is 0 Å². The summed E-state index contributed by atoms with van der Waals surface area (Å²) >= 11 is 0. The lowest BCUT2D eigenvalue weighted by Crippen LogP contribution is -2.49. The van der Waals surface area contributed by atoms with Crippen molar-refractivity contribution in [1.29, 1.82) is 0 Å². The second-order valence-corrected chi connectivity index (χ2v) is 5.26. The lowest BCUT2D eigenvalue weighted by atomic mass is 10.0. The maximum absolute atomic E-state index is 11.9. The Balaban J connectivity index is 2.40. The first-order chi connectivity index (χ1) is 8.94. The van der Waals surface area contributed by atoms with Gasteiger partial charge in [-0.25, -0.2) is 4.79 Å². The van der Waals surface area contributed by atoms with Gasteiger partial charge in [0.1, 0.15) is 0 Å². The Morgan fingerprint density at radius 1 is 1.47 bits per heavy atom. The quantitative estimate of drug-likeness (QED) is 0.650. The Morgan fingerprint density at radius 3 is 2.84 bits per heavy atom. The van der Waals surface area contributed by atoms with E-state index >= 15 is 0 Å². The van der Waals surface area contributed by atoms with Crippen molar-refractivity contribution in [1.82, 2.24) is 0 Å². The summed E-state index contributed by atoms with van der Waals surface area (Å²) < 4.78 is 10.5. The van der Waals surface area contributed by atoms with E-state index in [0.29, 0.717) is 30.9 Å². The van der Waals surface area contributed by atoms with Crippen molar-refractivity contribution in [2.45, 2.75) is 19.4 Å². The summed E-state index contributed by atoms with van der Waals surface area (Å²) in [4.78, 5) is 13.9.